The maximum atomic E-state index is 12.7. The molecule has 8 heteroatoms. The van der Waals surface area contributed by atoms with E-state index >= 15 is 0 Å². The van der Waals surface area contributed by atoms with Crippen LogP contribution < -0.4 is 5.01 Å². The van der Waals surface area contributed by atoms with Crippen molar-refractivity contribution in [3.8, 4) is 0 Å². The van der Waals surface area contributed by atoms with Crippen LogP contribution in [0.25, 0.3) is 0 Å². The average Bonchev–Trinajstić information content (AvgIpc) is 3.02. The third kappa shape index (κ3) is 4.49. The minimum Gasteiger partial charge on any atom is -0.469 e. The zero-order valence-electron chi connectivity index (χ0n) is 13.8. The lowest BCUT2D eigenvalue weighted by Gasteiger charge is -2.36. The Balaban J connectivity index is 2.22. The van der Waals surface area contributed by atoms with Crippen molar-refractivity contribution >= 4 is 28.3 Å². The molecule has 1 unspecified atom stereocenters. The number of hydrogen-bond donors (Lipinski definition) is 0. The number of ether oxygens (including phenoxy) is 2. The van der Waals surface area contributed by atoms with E-state index in [1.165, 1.54) is 32.0 Å². The largest absolute Gasteiger partial charge is 0.469 e. The normalized spacial score (nSPS) is 16.8. The number of rotatable bonds is 6. The monoisotopic (exact) mass is 341 g/mol. The van der Waals surface area contributed by atoms with E-state index in [-0.39, 0.29) is 18.3 Å². The summed E-state index contributed by atoms with van der Waals surface area (Å²) in [6.07, 6.45) is 2.82. The molecular formula is C15H23N3O4S. The van der Waals surface area contributed by atoms with Crippen LogP contribution in [0.3, 0.4) is 0 Å². The Morgan fingerprint density at radius 1 is 1.35 bits per heavy atom. The van der Waals surface area contributed by atoms with Crippen molar-refractivity contribution in [1.29, 1.82) is 0 Å². The first-order valence-corrected chi connectivity index (χ1v) is 8.57. The molecule has 1 aromatic rings. The van der Waals surface area contributed by atoms with Gasteiger partial charge in [-0.3, -0.25) is 9.59 Å². The van der Waals surface area contributed by atoms with E-state index in [0.29, 0.717) is 10.8 Å². The third-order valence-corrected chi connectivity index (χ3v) is 4.66. The van der Waals surface area contributed by atoms with Gasteiger partial charge in [0.25, 0.3) is 5.91 Å². The fourth-order valence-electron chi connectivity index (χ4n) is 2.40. The molecule has 23 heavy (non-hydrogen) atoms. The fourth-order valence-corrected chi connectivity index (χ4v) is 3.25. The van der Waals surface area contributed by atoms with Gasteiger partial charge in [0.05, 0.1) is 19.2 Å². The Morgan fingerprint density at radius 2 is 2.04 bits per heavy atom. The Hall–Kier alpha value is -1.51. The molecule has 0 aromatic carbocycles. The molecule has 7 nitrogen and oxygen atoms in total. The van der Waals surface area contributed by atoms with Crippen molar-refractivity contribution in [3.63, 3.8) is 0 Å². The molecule has 1 saturated heterocycles. The van der Waals surface area contributed by atoms with Crippen LogP contribution in [0.15, 0.2) is 5.38 Å². The first-order valence-electron chi connectivity index (χ1n) is 7.69. The summed E-state index contributed by atoms with van der Waals surface area (Å²) in [5.74, 6) is -0.490. The van der Waals surface area contributed by atoms with E-state index in [2.05, 4.69) is 9.72 Å². The number of methoxy groups -OCH3 is 2. The molecule has 2 heterocycles. The van der Waals surface area contributed by atoms with Gasteiger partial charge in [-0.2, -0.15) is 0 Å². The van der Waals surface area contributed by atoms with Gasteiger partial charge >= 0.3 is 5.97 Å². The van der Waals surface area contributed by atoms with E-state index in [0.717, 1.165) is 25.9 Å². The van der Waals surface area contributed by atoms with Crippen molar-refractivity contribution in [2.75, 3.05) is 32.3 Å². The number of anilines is 1. The Morgan fingerprint density at radius 3 is 2.65 bits per heavy atom. The van der Waals surface area contributed by atoms with Crippen molar-refractivity contribution in [2.45, 2.75) is 38.7 Å². The topological polar surface area (TPSA) is 72.0 Å². The van der Waals surface area contributed by atoms with Gasteiger partial charge in [0.15, 0.2) is 0 Å². The number of hydrogen-bond acceptors (Lipinski definition) is 7. The number of thiazole rings is 1. The molecule has 1 amide bonds. The van der Waals surface area contributed by atoms with Crippen LogP contribution >= 0.6 is 11.3 Å². The highest BCUT2D eigenvalue weighted by Gasteiger charge is 2.30. The molecular weight excluding hydrogens is 318 g/mol. The van der Waals surface area contributed by atoms with Crippen LogP contribution in [-0.2, 0) is 25.5 Å². The average molecular weight is 341 g/mol. The van der Waals surface area contributed by atoms with Crippen LogP contribution in [-0.4, -0.2) is 55.3 Å². The number of esters is 1. The van der Waals surface area contributed by atoms with Gasteiger partial charge in [-0.15, -0.1) is 11.3 Å². The molecule has 1 aliphatic heterocycles. The molecule has 1 fully saturated rings. The van der Waals surface area contributed by atoms with E-state index < -0.39 is 6.10 Å². The summed E-state index contributed by atoms with van der Waals surface area (Å²) >= 11 is 1.35. The van der Waals surface area contributed by atoms with Crippen molar-refractivity contribution in [2.24, 2.45) is 0 Å². The molecule has 0 aliphatic carbocycles. The SMILES string of the molecule is COC(=O)Cc1csc(N(C(=O)C(C)OC)N2CCCCC2)n1. The molecule has 2 rings (SSSR count). The lowest BCUT2D eigenvalue weighted by Crippen LogP contribution is -2.52. The van der Waals surface area contributed by atoms with Crippen LogP contribution in [0, 0.1) is 0 Å². The van der Waals surface area contributed by atoms with Gasteiger partial charge in [0.1, 0.15) is 6.10 Å². The van der Waals surface area contributed by atoms with Gasteiger partial charge in [-0.1, -0.05) is 6.42 Å². The Bertz CT molecular complexity index is 543. The highest BCUT2D eigenvalue weighted by Crippen LogP contribution is 2.26. The van der Waals surface area contributed by atoms with Crippen LogP contribution in [0.1, 0.15) is 31.9 Å². The molecule has 1 aliphatic rings. The molecule has 128 valence electrons. The minimum absolute atomic E-state index is 0.106. The number of amides is 1. The Labute approximate surface area is 140 Å². The lowest BCUT2D eigenvalue weighted by molar-refractivity contribution is -0.139. The summed E-state index contributed by atoms with van der Waals surface area (Å²) in [5.41, 5.74) is 0.608. The van der Waals surface area contributed by atoms with Gasteiger partial charge in [-0.25, -0.2) is 15.0 Å². The van der Waals surface area contributed by atoms with Crippen LogP contribution in [0.4, 0.5) is 5.13 Å². The summed E-state index contributed by atoms with van der Waals surface area (Å²) in [6, 6.07) is 0. The van der Waals surface area contributed by atoms with Gasteiger partial charge < -0.3 is 9.47 Å². The number of carbonyl (C=O) groups is 2. The van der Waals surface area contributed by atoms with Crippen molar-refractivity contribution < 1.29 is 19.1 Å². The number of aromatic nitrogens is 1. The van der Waals surface area contributed by atoms with Crippen molar-refractivity contribution in [3.05, 3.63) is 11.1 Å². The highest BCUT2D eigenvalue weighted by molar-refractivity contribution is 7.14. The summed E-state index contributed by atoms with van der Waals surface area (Å²) in [4.78, 5) is 28.5. The highest BCUT2D eigenvalue weighted by atomic mass is 32.1. The number of carbonyl (C=O) groups excluding carboxylic acids is 2. The van der Waals surface area contributed by atoms with E-state index in [1.807, 2.05) is 5.01 Å². The first kappa shape index (κ1) is 17.8. The summed E-state index contributed by atoms with van der Waals surface area (Å²) in [5, 5.41) is 5.98. The standard InChI is InChI=1S/C15H23N3O4S/c1-11(21-2)14(20)18(17-7-5-4-6-8-17)15-16-12(10-23-15)9-13(19)22-3/h10-11H,4-9H2,1-3H3. The molecule has 0 bridgehead atoms. The lowest BCUT2D eigenvalue weighted by atomic mass is 10.2. The summed E-state index contributed by atoms with van der Waals surface area (Å²) in [7, 11) is 2.86. The molecule has 0 N–H and O–H groups in total. The number of piperidine rings is 1. The second-order valence-electron chi connectivity index (χ2n) is 5.42. The zero-order valence-corrected chi connectivity index (χ0v) is 14.6. The van der Waals surface area contributed by atoms with Gasteiger partial charge in [0.2, 0.25) is 5.13 Å². The third-order valence-electron chi connectivity index (χ3n) is 3.80. The second-order valence-corrected chi connectivity index (χ2v) is 6.25. The first-order chi connectivity index (χ1) is 11.1. The molecule has 0 saturated carbocycles. The van der Waals surface area contributed by atoms with Crippen molar-refractivity contribution in [1.82, 2.24) is 9.99 Å². The number of nitrogens with zero attached hydrogens (tertiary/aromatic N) is 3. The predicted octanol–water partition coefficient (Wildman–Crippen LogP) is 1.63. The van der Waals surface area contributed by atoms with Gasteiger partial charge in [0, 0.05) is 25.6 Å². The smallest absolute Gasteiger partial charge is 0.311 e. The maximum absolute atomic E-state index is 12.7. The van der Waals surface area contributed by atoms with Gasteiger partial charge in [-0.05, 0) is 19.8 Å². The van der Waals surface area contributed by atoms with Crippen LogP contribution in [0.5, 0.6) is 0 Å². The van der Waals surface area contributed by atoms with Crippen LogP contribution in [0.2, 0.25) is 0 Å². The Kier molecular flexibility index (Phi) is 6.49. The second kappa shape index (κ2) is 8.37. The number of hydrazine groups is 1. The minimum atomic E-state index is -0.551. The van der Waals surface area contributed by atoms with E-state index in [4.69, 9.17) is 4.74 Å². The molecule has 1 aromatic heterocycles. The summed E-state index contributed by atoms with van der Waals surface area (Å²) in [6.45, 7) is 3.35. The summed E-state index contributed by atoms with van der Waals surface area (Å²) < 4.78 is 9.84. The van der Waals surface area contributed by atoms with E-state index in [1.54, 1.807) is 17.3 Å². The van der Waals surface area contributed by atoms with E-state index in [9.17, 15) is 9.59 Å². The molecule has 1 atom stereocenters. The zero-order chi connectivity index (χ0) is 16.8. The quantitative estimate of drug-likeness (QED) is 0.732. The molecule has 0 radical (unpaired) electrons. The predicted molar refractivity (Wildman–Crippen MR) is 87.2 cm³/mol. The maximum Gasteiger partial charge on any atom is 0.311 e. The molecule has 0 spiro atoms. The fraction of sp³-hybridized carbons (Fsp3) is 0.667.